The molecule has 1 aliphatic carbocycles. The van der Waals surface area contributed by atoms with E-state index < -0.39 is 0 Å². The van der Waals surface area contributed by atoms with Crippen LogP contribution in [0.15, 0.2) is 0 Å². The molecule has 0 amide bonds. The molecule has 3 unspecified atom stereocenters. The monoisotopic (exact) mass is 166 g/mol. The highest BCUT2D eigenvalue weighted by Crippen LogP contribution is 2.49. The summed E-state index contributed by atoms with van der Waals surface area (Å²) in [5, 5.41) is 0.590. The number of rotatable bonds is 1. The third-order valence-corrected chi connectivity index (χ3v) is 4.09. The first kappa shape index (κ1) is 10.1. The van der Waals surface area contributed by atoms with Crippen LogP contribution in [0.3, 0.4) is 0 Å². The van der Waals surface area contributed by atoms with Gasteiger partial charge < -0.3 is 0 Å². The van der Waals surface area contributed by atoms with Crippen molar-refractivity contribution in [1.82, 2.24) is 0 Å². The quantitative estimate of drug-likeness (QED) is 0.525. The van der Waals surface area contributed by atoms with E-state index in [4.69, 9.17) is 0 Å². The molecule has 1 saturated carbocycles. The van der Waals surface area contributed by atoms with E-state index in [0.717, 1.165) is 17.8 Å². The van der Waals surface area contributed by atoms with Gasteiger partial charge in [0.25, 0.3) is 0 Å². The Labute approximate surface area is 78.5 Å². The number of hydrogen-bond donors (Lipinski definition) is 0. The van der Waals surface area contributed by atoms with Crippen molar-refractivity contribution >= 4 is 7.85 Å². The summed E-state index contributed by atoms with van der Waals surface area (Å²) in [5.41, 5.74) is 0. The minimum Gasteiger partial charge on any atom is -0.0667 e. The lowest BCUT2D eigenvalue weighted by Crippen LogP contribution is -2.32. The zero-order chi connectivity index (χ0) is 9.35. The van der Waals surface area contributed by atoms with Crippen molar-refractivity contribution in [3.05, 3.63) is 0 Å². The highest BCUT2D eigenvalue weighted by Gasteiger charge is 2.36. The van der Waals surface area contributed by atoms with E-state index in [9.17, 15) is 0 Å². The largest absolute Gasteiger partial charge is 0.109 e. The normalized spacial score (nSPS) is 43.4. The topological polar surface area (TPSA) is 0 Å². The van der Waals surface area contributed by atoms with Crippen molar-refractivity contribution in [3.63, 3.8) is 0 Å². The lowest BCUT2D eigenvalue weighted by molar-refractivity contribution is 0.150. The molecule has 0 radical (unpaired) electrons. The minimum atomic E-state index is 0.590. The van der Waals surface area contributed by atoms with Crippen LogP contribution in [0.2, 0.25) is 5.31 Å². The van der Waals surface area contributed by atoms with Crippen LogP contribution in [0, 0.1) is 17.8 Å². The summed E-state index contributed by atoms with van der Waals surface area (Å²) in [7, 11) is 2.44. The molecule has 0 aliphatic heterocycles. The maximum absolute atomic E-state index is 2.45. The Balaban J connectivity index is 2.66. The van der Waals surface area contributed by atoms with Crippen LogP contribution in [-0.2, 0) is 0 Å². The van der Waals surface area contributed by atoms with E-state index in [1.54, 1.807) is 0 Å². The molecule has 70 valence electrons. The maximum Gasteiger partial charge on any atom is 0.109 e. The highest BCUT2D eigenvalue weighted by atomic mass is 14.4. The first-order chi connectivity index (χ1) is 5.45. The van der Waals surface area contributed by atoms with Crippen molar-refractivity contribution in [2.75, 3.05) is 0 Å². The summed E-state index contributed by atoms with van der Waals surface area (Å²) in [4.78, 5) is 0. The fourth-order valence-corrected chi connectivity index (χ4v) is 2.76. The maximum atomic E-state index is 2.45. The number of hydrogen-bond acceptors (Lipinski definition) is 0. The van der Waals surface area contributed by atoms with Crippen molar-refractivity contribution in [2.24, 2.45) is 17.8 Å². The molecule has 0 nitrogen and oxygen atoms in total. The molecule has 0 aromatic heterocycles. The van der Waals surface area contributed by atoms with Gasteiger partial charge in [-0.25, -0.2) is 0 Å². The molecule has 0 N–H and O–H groups in total. The summed E-state index contributed by atoms with van der Waals surface area (Å²) >= 11 is 0. The Kier molecular flexibility index (Phi) is 2.90. The van der Waals surface area contributed by atoms with Crippen molar-refractivity contribution in [3.8, 4) is 0 Å². The first-order valence-electron chi connectivity index (χ1n) is 5.45. The molecule has 0 saturated heterocycles. The Bertz CT molecular complexity index is 149. The molecule has 1 heteroatoms. The lowest BCUT2D eigenvalue weighted by atomic mass is 9.52. The Morgan fingerprint density at radius 1 is 1.42 bits per heavy atom. The Hall–Kier alpha value is 0.0649. The smallest absolute Gasteiger partial charge is 0.0667 e. The van der Waals surface area contributed by atoms with E-state index in [1.165, 1.54) is 19.3 Å². The summed E-state index contributed by atoms with van der Waals surface area (Å²) in [6.45, 7) is 9.64. The van der Waals surface area contributed by atoms with Crippen molar-refractivity contribution in [2.45, 2.75) is 52.3 Å². The summed E-state index contributed by atoms with van der Waals surface area (Å²) in [6.07, 6.45) is 4.33. The second-order valence-electron chi connectivity index (χ2n) is 5.58. The van der Waals surface area contributed by atoms with Gasteiger partial charge in [-0.1, -0.05) is 45.9 Å². The van der Waals surface area contributed by atoms with E-state index in [0.29, 0.717) is 5.31 Å². The molecule has 1 aliphatic rings. The van der Waals surface area contributed by atoms with Gasteiger partial charge in [0.2, 0.25) is 0 Å². The molecule has 12 heavy (non-hydrogen) atoms. The van der Waals surface area contributed by atoms with E-state index in [-0.39, 0.29) is 0 Å². The Morgan fingerprint density at radius 3 is 2.42 bits per heavy atom. The molecule has 1 fully saturated rings. The third-order valence-electron chi connectivity index (χ3n) is 4.09. The van der Waals surface area contributed by atoms with Crippen LogP contribution in [0.25, 0.3) is 0 Å². The van der Waals surface area contributed by atoms with Gasteiger partial charge in [0.1, 0.15) is 7.85 Å². The highest BCUT2D eigenvalue weighted by molar-refractivity contribution is 6.15. The van der Waals surface area contributed by atoms with Crippen molar-refractivity contribution in [1.29, 1.82) is 0 Å². The van der Waals surface area contributed by atoms with Crippen LogP contribution in [0.5, 0.6) is 0 Å². The summed E-state index contributed by atoms with van der Waals surface area (Å²) in [5.74, 6) is 2.75. The zero-order valence-electron chi connectivity index (χ0n) is 9.35. The van der Waals surface area contributed by atoms with Gasteiger partial charge in [0.05, 0.1) is 0 Å². The molecule has 0 spiro atoms. The predicted octanol–water partition coefficient (Wildman–Crippen LogP) is 2.89. The standard InChI is InChI=1S/C11H23B/c1-8(2)10-6-5-7-11(4,12)9(10)3/h8-10H,5-7,12H2,1-4H3. The second-order valence-corrected chi connectivity index (χ2v) is 5.58. The molecule has 0 aromatic rings. The fourth-order valence-electron chi connectivity index (χ4n) is 2.76. The van der Waals surface area contributed by atoms with Crippen LogP contribution in [0.1, 0.15) is 47.0 Å². The predicted molar refractivity (Wildman–Crippen MR) is 58.3 cm³/mol. The molecule has 0 heterocycles. The van der Waals surface area contributed by atoms with Gasteiger partial charge >= 0.3 is 0 Å². The van der Waals surface area contributed by atoms with Crippen LogP contribution in [0.4, 0.5) is 0 Å². The molecule has 3 atom stereocenters. The van der Waals surface area contributed by atoms with E-state index in [2.05, 4.69) is 35.5 Å². The van der Waals surface area contributed by atoms with Gasteiger partial charge in [0, 0.05) is 0 Å². The van der Waals surface area contributed by atoms with Gasteiger partial charge in [0.15, 0.2) is 0 Å². The van der Waals surface area contributed by atoms with Crippen molar-refractivity contribution < 1.29 is 0 Å². The first-order valence-corrected chi connectivity index (χ1v) is 5.45. The van der Waals surface area contributed by atoms with Gasteiger partial charge in [-0.3, -0.25) is 0 Å². The fraction of sp³-hybridized carbons (Fsp3) is 1.00. The van der Waals surface area contributed by atoms with Gasteiger partial charge in [-0.05, 0) is 24.2 Å². The van der Waals surface area contributed by atoms with E-state index >= 15 is 0 Å². The molecular weight excluding hydrogens is 143 g/mol. The molecule has 0 bridgehead atoms. The van der Waals surface area contributed by atoms with Gasteiger partial charge in [-0.15, -0.1) is 0 Å². The third kappa shape index (κ3) is 1.86. The van der Waals surface area contributed by atoms with Crippen LogP contribution in [-0.4, -0.2) is 7.85 Å². The average molecular weight is 166 g/mol. The average Bonchev–Trinajstić information content (AvgIpc) is 1.94. The van der Waals surface area contributed by atoms with E-state index in [1.807, 2.05) is 0 Å². The Morgan fingerprint density at radius 2 is 2.00 bits per heavy atom. The lowest BCUT2D eigenvalue weighted by Gasteiger charge is -2.44. The summed E-state index contributed by atoms with van der Waals surface area (Å²) < 4.78 is 0. The SMILES string of the molecule is BC1(C)CCCC(C(C)C)C1C. The van der Waals surface area contributed by atoms with Crippen LogP contribution < -0.4 is 0 Å². The van der Waals surface area contributed by atoms with Gasteiger partial charge in [-0.2, -0.15) is 0 Å². The molecule has 0 aromatic carbocycles. The minimum absolute atomic E-state index is 0.590. The summed E-state index contributed by atoms with van der Waals surface area (Å²) in [6, 6.07) is 0. The zero-order valence-corrected chi connectivity index (χ0v) is 9.35. The second kappa shape index (κ2) is 3.43. The molecular formula is C11H23B. The molecule has 1 rings (SSSR count). The van der Waals surface area contributed by atoms with Crippen LogP contribution >= 0.6 is 0 Å².